The Labute approximate surface area is 141 Å². The summed E-state index contributed by atoms with van der Waals surface area (Å²) in [6, 6.07) is 11.2. The van der Waals surface area contributed by atoms with E-state index >= 15 is 0 Å². The summed E-state index contributed by atoms with van der Waals surface area (Å²) in [7, 11) is 4.64. The lowest BCUT2D eigenvalue weighted by molar-refractivity contribution is -0.111. The van der Waals surface area contributed by atoms with Crippen molar-refractivity contribution in [3.63, 3.8) is 0 Å². The van der Waals surface area contributed by atoms with Crippen LogP contribution >= 0.6 is 0 Å². The van der Waals surface area contributed by atoms with Crippen molar-refractivity contribution in [1.82, 2.24) is 0 Å². The Kier molecular flexibility index (Phi) is 5.84. The van der Waals surface area contributed by atoms with Crippen LogP contribution in [0.2, 0.25) is 0 Å². The summed E-state index contributed by atoms with van der Waals surface area (Å²) in [5.41, 5.74) is 2.60. The van der Waals surface area contributed by atoms with Gasteiger partial charge < -0.3 is 19.5 Å². The van der Waals surface area contributed by atoms with Gasteiger partial charge >= 0.3 is 0 Å². The van der Waals surface area contributed by atoms with Gasteiger partial charge in [0.1, 0.15) is 0 Å². The molecule has 5 nitrogen and oxygen atoms in total. The number of hydrogen-bond donors (Lipinski definition) is 1. The SMILES string of the molecule is COc1ccc(/C=C/C(=O)Nc2ccc(C)cc2)c(OC)c1OC. The molecule has 2 aromatic rings. The van der Waals surface area contributed by atoms with Crippen LogP contribution in [0.25, 0.3) is 6.08 Å². The largest absolute Gasteiger partial charge is 0.493 e. The summed E-state index contributed by atoms with van der Waals surface area (Å²) >= 11 is 0. The zero-order chi connectivity index (χ0) is 17.5. The lowest BCUT2D eigenvalue weighted by atomic mass is 10.1. The molecule has 0 saturated heterocycles. The number of benzene rings is 2. The van der Waals surface area contributed by atoms with Gasteiger partial charge in [-0.15, -0.1) is 0 Å². The molecule has 0 atom stereocenters. The molecule has 0 unspecified atom stereocenters. The van der Waals surface area contributed by atoms with Gasteiger partial charge in [0.25, 0.3) is 0 Å². The standard InChI is InChI=1S/C19H21NO4/c1-13-5-9-15(10-6-13)20-17(21)12-8-14-7-11-16(22-2)19(24-4)18(14)23-3/h5-12H,1-4H3,(H,20,21)/b12-8+. The molecule has 2 aromatic carbocycles. The summed E-state index contributed by atoms with van der Waals surface area (Å²) in [6.07, 6.45) is 3.12. The normalized spacial score (nSPS) is 10.5. The van der Waals surface area contributed by atoms with Gasteiger partial charge in [-0.25, -0.2) is 0 Å². The second kappa shape index (κ2) is 8.06. The summed E-state index contributed by atoms with van der Waals surface area (Å²) in [5.74, 6) is 1.34. The minimum absolute atomic E-state index is 0.226. The lowest BCUT2D eigenvalue weighted by Crippen LogP contribution is -2.07. The molecule has 1 amide bonds. The molecule has 1 N–H and O–H groups in total. The van der Waals surface area contributed by atoms with Gasteiger partial charge in [0.15, 0.2) is 11.5 Å². The van der Waals surface area contributed by atoms with Gasteiger partial charge in [-0.2, -0.15) is 0 Å². The Morgan fingerprint density at radius 1 is 0.917 bits per heavy atom. The van der Waals surface area contributed by atoms with Crippen LogP contribution in [0.5, 0.6) is 17.2 Å². The van der Waals surface area contributed by atoms with Gasteiger partial charge in [-0.05, 0) is 37.3 Å². The highest BCUT2D eigenvalue weighted by molar-refractivity contribution is 6.02. The Morgan fingerprint density at radius 3 is 2.17 bits per heavy atom. The van der Waals surface area contributed by atoms with Gasteiger partial charge in [0, 0.05) is 17.3 Å². The van der Waals surface area contributed by atoms with Gasteiger partial charge in [0.2, 0.25) is 11.7 Å². The fourth-order valence-corrected chi connectivity index (χ4v) is 2.24. The van der Waals surface area contributed by atoms with E-state index in [9.17, 15) is 4.79 Å². The molecule has 0 aliphatic carbocycles. The van der Waals surface area contributed by atoms with Crippen LogP contribution in [0.15, 0.2) is 42.5 Å². The van der Waals surface area contributed by atoms with Crippen LogP contribution in [0, 0.1) is 6.92 Å². The van der Waals surface area contributed by atoms with Crippen molar-refractivity contribution in [2.75, 3.05) is 26.6 Å². The summed E-state index contributed by atoms with van der Waals surface area (Å²) in [6.45, 7) is 1.99. The van der Waals surface area contributed by atoms with Gasteiger partial charge in [-0.3, -0.25) is 4.79 Å². The Hall–Kier alpha value is -2.95. The number of methoxy groups -OCH3 is 3. The zero-order valence-corrected chi connectivity index (χ0v) is 14.3. The van der Waals surface area contributed by atoms with Crippen molar-refractivity contribution in [1.29, 1.82) is 0 Å². The first kappa shape index (κ1) is 17.4. The minimum Gasteiger partial charge on any atom is -0.493 e. The molecule has 0 spiro atoms. The van der Waals surface area contributed by atoms with Crippen LogP contribution in [0.4, 0.5) is 5.69 Å². The average molecular weight is 327 g/mol. The number of carbonyl (C=O) groups is 1. The quantitative estimate of drug-likeness (QED) is 0.823. The highest BCUT2D eigenvalue weighted by atomic mass is 16.5. The zero-order valence-electron chi connectivity index (χ0n) is 14.3. The maximum atomic E-state index is 12.1. The fraction of sp³-hybridized carbons (Fsp3) is 0.211. The van der Waals surface area contributed by atoms with Crippen LogP contribution in [0.1, 0.15) is 11.1 Å². The average Bonchev–Trinajstić information content (AvgIpc) is 2.60. The molecule has 2 rings (SSSR count). The molecular formula is C19H21NO4. The third kappa shape index (κ3) is 4.07. The van der Waals surface area contributed by atoms with Crippen LogP contribution < -0.4 is 19.5 Å². The van der Waals surface area contributed by atoms with E-state index in [1.807, 2.05) is 31.2 Å². The van der Waals surface area contributed by atoms with Gasteiger partial charge in [-0.1, -0.05) is 17.7 Å². The number of aryl methyl sites for hydroxylation is 1. The van der Waals surface area contributed by atoms with Crippen molar-refractivity contribution >= 4 is 17.7 Å². The summed E-state index contributed by atoms with van der Waals surface area (Å²) in [4.78, 5) is 12.1. The van der Waals surface area contributed by atoms with Crippen molar-refractivity contribution in [2.24, 2.45) is 0 Å². The van der Waals surface area contributed by atoms with Crippen molar-refractivity contribution in [3.8, 4) is 17.2 Å². The first-order chi connectivity index (χ1) is 11.6. The molecule has 0 radical (unpaired) electrons. The van der Waals surface area contributed by atoms with E-state index < -0.39 is 0 Å². The van der Waals surface area contributed by atoms with Crippen LogP contribution in [0.3, 0.4) is 0 Å². The molecular weight excluding hydrogens is 306 g/mol. The number of nitrogens with one attached hydrogen (secondary N) is 1. The van der Waals surface area contributed by atoms with E-state index in [-0.39, 0.29) is 5.91 Å². The molecule has 0 saturated carbocycles. The summed E-state index contributed by atoms with van der Waals surface area (Å²) < 4.78 is 16.0. The maximum absolute atomic E-state index is 12.1. The van der Waals surface area contributed by atoms with E-state index in [1.54, 1.807) is 32.4 Å². The predicted molar refractivity (Wildman–Crippen MR) is 94.9 cm³/mol. The second-order valence-corrected chi connectivity index (χ2v) is 5.11. The number of amides is 1. The maximum Gasteiger partial charge on any atom is 0.248 e. The fourth-order valence-electron chi connectivity index (χ4n) is 2.24. The number of anilines is 1. The van der Waals surface area contributed by atoms with Crippen molar-refractivity contribution < 1.29 is 19.0 Å². The topological polar surface area (TPSA) is 56.8 Å². The van der Waals surface area contributed by atoms with Crippen molar-refractivity contribution in [3.05, 3.63) is 53.6 Å². The van der Waals surface area contributed by atoms with E-state index in [0.717, 1.165) is 11.3 Å². The monoisotopic (exact) mass is 327 g/mol. The molecule has 0 heterocycles. The second-order valence-electron chi connectivity index (χ2n) is 5.11. The highest BCUT2D eigenvalue weighted by Crippen LogP contribution is 2.40. The van der Waals surface area contributed by atoms with E-state index in [2.05, 4.69) is 5.32 Å². The molecule has 126 valence electrons. The Bertz CT molecular complexity index is 736. The number of ether oxygens (including phenoxy) is 3. The summed E-state index contributed by atoms with van der Waals surface area (Å²) in [5, 5.41) is 2.81. The predicted octanol–water partition coefficient (Wildman–Crippen LogP) is 3.67. The van der Waals surface area contributed by atoms with Gasteiger partial charge in [0.05, 0.1) is 21.3 Å². The molecule has 0 aromatic heterocycles. The first-order valence-corrected chi connectivity index (χ1v) is 7.43. The number of rotatable bonds is 6. The van der Waals surface area contributed by atoms with E-state index in [0.29, 0.717) is 22.8 Å². The Balaban J connectivity index is 2.18. The number of carbonyl (C=O) groups excluding carboxylic acids is 1. The molecule has 0 aliphatic rings. The van der Waals surface area contributed by atoms with E-state index in [1.165, 1.54) is 13.2 Å². The molecule has 5 heteroatoms. The third-order valence-electron chi connectivity index (χ3n) is 3.47. The minimum atomic E-state index is -0.226. The smallest absolute Gasteiger partial charge is 0.248 e. The molecule has 0 bridgehead atoms. The third-order valence-corrected chi connectivity index (χ3v) is 3.47. The first-order valence-electron chi connectivity index (χ1n) is 7.43. The molecule has 24 heavy (non-hydrogen) atoms. The number of hydrogen-bond acceptors (Lipinski definition) is 4. The van der Waals surface area contributed by atoms with E-state index in [4.69, 9.17) is 14.2 Å². The Morgan fingerprint density at radius 2 is 1.58 bits per heavy atom. The molecule has 0 fully saturated rings. The van der Waals surface area contributed by atoms with Crippen LogP contribution in [-0.2, 0) is 4.79 Å². The molecule has 0 aliphatic heterocycles. The lowest BCUT2D eigenvalue weighted by Gasteiger charge is -2.13. The van der Waals surface area contributed by atoms with Crippen molar-refractivity contribution in [2.45, 2.75) is 6.92 Å². The van der Waals surface area contributed by atoms with Crippen LogP contribution in [-0.4, -0.2) is 27.2 Å². The highest BCUT2D eigenvalue weighted by Gasteiger charge is 2.14.